The van der Waals surface area contributed by atoms with Gasteiger partial charge in [0.05, 0.1) is 6.54 Å². The molecule has 1 atom stereocenters. The number of fused-ring (bicyclic) bond motifs is 1. The first-order valence-corrected chi connectivity index (χ1v) is 16.4. The summed E-state index contributed by atoms with van der Waals surface area (Å²) in [5, 5.41) is 11.1. The third-order valence-electron chi connectivity index (χ3n) is 8.43. The van der Waals surface area contributed by atoms with Crippen LogP contribution in [0.15, 0.2) is 103 Å². The molecule has 0 saturated carbocycles. The van der Waals surface area contributed by atoms with Gasteiger partial charge in [0.15, 0.2) is 0 Å². The van der Waals surface area contributed by atoms with Gasteiger partial charge in [0, 0.05) is 31.2 Å². The van der Waals surface area contributed by atoms with Gasteiger partial charge in [-0.25, -0.2) is 9.59 Å². The summed E-state index contributed by atoms with van der Waals surface area (Å²) in [6, 6.07) is 32.1. The molecular formula is C39H43N5O5. The van der Waals surface area contributed by atoms with Gasteiger partial charge in [0.25, 0.3) is 0 Å². The molecule has 0 fully saturated rings. The Balaban J connectivity index is 1.25. The minimum Gasteiger partial charge on any atom is -0.445 e. The van der Waals surface area contributed by atoms with E-state index in [0.717, 1.165) is 39.1 Å². The highest BCUT2D eigenvalue weighted by atomic mass is 16.5. The van der Waals surface area contributed by atoms with Crippen molar-refractivity contribution in [3.05, 3.63) is 125 Å². The van der Waals surface area contributed by atoms with Crippen molar-refractivity contribution in [3.8, 4) is 11.1 Å². The number of para-hydroxylation sites is 1. The fourth-order valence-electron chi connectivity index (χ4n) is 5.93. The van der Waals surface area contributed by atoms with Crippen LogP contribution in [-0.2, 0) is 40.4 Å². The lowest BCUT2D eigenvalue weighted by Gasteiger charge is -2.28. The first kappa shape index (κ1) is 34.7. The van der Waals surface area contributed by atoms with Crippen LogP contribution in [0.4, 0.5) is 15.3 Å². The van der Waals surface area contributed by atoms with E-state index >= 15 is 0 Å². The normalized spacial score (nSPS) is 14.2. The Hall–Kier alpha value is -5.64. The zero-order valence-corrected chi connectivity index (χ0v) is 28.1. The molecule has 0 aromatic heterocycles. The van der Waals surface area contributed by atoms with Crippen molar-refractivity contribution in [2.75, 3.05) is 11.9 Å². The Morgan fingerprint density at radius 3 is 2.31 bits per heavy atom. The molecule has 5 rings (SSSR count). The highest BCUT2D eigenvalue weighted by molar-refractivity contribution is 6.00. The average molecular weight is 662 g/mol. The number of hydrogen-bond donors (Lipinski definition) is 4. The first-order chi connectivity index (χ1) is 23.6. The number of ether oxygens (including phenoxy) is 1. The number of carbonyl (C=O) groups is 4. The van der Waals surface area contributed by atoms with Crippen LogP contribution in [0.25, 0.3) is 11.1 Å². The number of nitrogens with one attached hydrogen (secondary N) is 4. The fourth-order valence-corrected chi connectivity index (χ4v) is 5.93. The summed E-state index contributed by atoms with van der Waals surface area (Å²) in [7, 11) is 1.58. The number of aryl methyl sites for hydroxylation is 1. The topological polar surface area (TPSA) is 129 Å². The number of benzene rings is 4. The minimum atomic E-state index is -0.910. The summed E-state index contributed by atoms with van der Waals surface area (Å²) in [6.45, 7) is 4.31. The van der Waals surface area contributed by atoms with Crippen molar-refractivity contribution in [1.82, 2.24) is 21.3 Å². The third kappa shape index (κ3) is 9.47. The van der Waals surface area contributed by atoms with Crippen LogP contribution in [0.5, 0.6) is 0 Å². The van der Waals surface area contributed by atoms with Crippen molar-refractivity contribution in [1.29, 1.82) is 0 Å². The lowest BCUT2D eigenvalue weighted by Crippen LogP contribution is -2.51. The van der Waals surface area contributed by atoms with Gasteiger partial charge < -0.3 is 30.9 Å². The molecule has 4 N–H and O–H groups in total. The van der Waals surface area contributed by atoms with Gasteiger partial charge in [-0.2, -0.15) is 0 Å². The van der Waals surface area contributed by atoms with Gasteiger partial charge in [-0.1, -0.05) is 97.1 Å². The third-order valence-corrected chi connectivity index (χ3v) is 8.43. The minimum absolute atomic E-state index is 0.0360. The second-order valence-electron chi connectivity index (χ2n) is 12.7. The second-order valence-corrected chi connectivity index (χ2v) is 12.7. The summed E-state index contributed by atoms with van der Waals surface area (Å²) in [5.74, 6) is -0.535. The van der Waals surface area contributed by atoms with Crippen molar-refractivity contribution in [3.63, 3.8) is 0 Å². The summed E-state index contributed by atoms with van der Waals surface area (Å²) < 4.78 is 5.34. The molecule has 0 aliphatic carbocycles. The van der Waals surface area contributed by atoms with Crippen molar-refractivity contribution < 1.29 is 23.9 Å². The predicted octanol–water partition coefficient (Wildman–Crippen LogP) is 5.84. The highest BCUT2D eigenvalue weighted by Gasteiger charge is 2.33. The zero-order chi connectivity index (χ0) is 34.8. The van der Waals surface area contributed by atoms with Gasteiger partial charge in [-0.15, -0.1) is 0 Å². The molecule has 49 heavy (non-hydrogen) atoms. The first-order valence-electron chi connectivity index (χ1n) is 16.4. The molecule has 0 spiro atoms. The van der Waals surface area contributed by atoms with Crippen LogP contribution in [0.2, 0.25) is 0 Å². The molecule has 4 aromatic carbocycles. The van der Waals surface area contributed by atoms with Crippen molar-refractivity contribution >= 4 is 29.6 Å². The maximum Gasteiger partial charge on any atom is 0.407 e. The number of nitrogens with zero attached hydrogens (tertiary/aromatic N) is 1. The fraction of sp³-hybridized carbons (Fsp3) is 0.282. The number of urea groups is 1. The Morgan fingerprint density at radius 1 is 0.857 bits per heavy atom. The van der Waals surface area contributed by atoms with E-state index in [-0.39, 0.29) is 30.9 Å². The Bertz CT molecular complexity index is 1770. The number of amides is 5. The number of rotatable bonds is 11. The van der Waals surface area contributed by atoms with Gasteiger partial charge in [-0.3, -0.25) is 9.59 Å². The predicted molar refractivity (Wildman–Crippen MR) is 190 cm³/mol. The molecule has 10 heteroatoms. The lowest BCUT2D eigenvalue weighted by molar-refractivity contribution is -0.128. The molecule has 4 aromatic rings. The largest absolute Gasteiger partial charge is 0.445 e. The molecule has 1 aliphatic heterocycles. The molecule has 1 heterocycles. The SMILES string of the molecule is CNC(=O)NCc1ccccc1-c1ccc(CN2C(=O)[C@H](NC(=O)CC(C)(C)NC(=O)OCc3ccccc3)CCc3ccccc32)cc1. The molecule has 1 aliphatic rings. The molecule has 0 unspecified atom stereocenters. The van der Waals surface area contributed by atoms with Crippen LogP contribution >= 0.6 is 0 Å². The highest BCUT2D eigenvalue weighted by Crippen LogP contribution is 2.30. The molecule has 10 nitrogen and oxygen atoms in total. The molecule has 0 radical (unpaired) electrons. The average Bonchev–Trinajstić information content (AvgIpc) is 3.22. The second kappa shape index (κ2) is 16.0. The Kier molecular flexibility index (Phi) is 11.3. The molecule has 5 amide bonds. The van der Waals surface area contributed by atoms with E-state index in [4.69, 9.17) is 4.74 Å². The Morgan fingerprint density at radius 2 is 1.55 bits per heavy atom. The van der Waals surface area contributed by atoms with E-state index in [1.807, 2.05) is 103 Å². The molecule has 0 bridgehead atoms. The van der Waals surface area contributed by atoms with Crippen molar-refractivity contribution in [2.24, 2.45) is 0 Å². The molecule has 254 valence electrons. The van der Waals surface area contributed by atoms with Crippen LogP contribution in [-0.4, -0.2) is 42.6 Å². The van der Waals surface area contributed by atoms with Gasteiger partial charge in [-0.05, 0) is 66.1 Å². The van der Waals surface area contributed by atoms with E-state index in [0.29, 0.717) is 25.9 Å². The monoisotopic (exact) mass is 661 g/mol. The number of hydrogen-bond acceptors (Lipinski definition) is 5. The lowest BCUT2D eigenvalue weighted by atomic mass is 9.98. The van der Waals surface area contributed by atoms with Crippen molar-refractivity contribution in [2.45, 2.75) is 64.4 Å². The zero-order valence-electron chi connectivity index (χ0n) is 28.1. The van der Waals surface area contributed by atoms with Gasteiger partial charge in [0.1, 0.15) is 12.6 Å². The van der Waals surface area contributed by atoms with Gasteiger partial charge >= 0.3 is 12.1 Å². The molecule has 0 saturated heterocycles. The van der Waals surface area contributed by atoms with E-state index < -0.39 is 17.7 Å². The summed E-state index contributed by atoms with van der Waals surface area (Å²) in [4.78, 5) is 53.3. The number of anilines is 1. The van der Waals surface area contributed by atoms with E-state index in [2.05, 4.69) is 21.3 Å². The van der Waals surface area contributed by atoms with E-state index in [9.17, 15) is 19.2 Å². The smallest absolute Gasteiger partial charge is 0.407 e. The number of alkyl carbamates (subject to hydrolysis) is 1. The summed E-state index contributed by atoms with van der Waals surface area (Å²) in [5.41, 5.74) is 5.71. The van der Waals surface area contributed by atoms with Crippen LogP contribution < -0.4 is 26.2 Å². The van der Waals surface area contributed by atoms with Gasteiger partial charge in [0.2, 0.25) is 11.8 Å². The molecular weight excluding hydrogens is 618 g/mol. The van der Waals surface area contributed by atoms with E-state index in [1.54, 1.807) is 25.8 Å². The number of carbonyl (C=O) groups excluding carboxylic acids is 4. The van der Waals surface area contributed by atoms with Crippen LogP contribution in [0.1, 0.15) is 48.9 Å². The Labute approximate surface area is 287 Å². The van der Waals surface area contributed by atoms with E-state index in [1.165, 1.54) is 0 Å². The quantitative estimate of drug-likeness (QED) is 0.161. The van der Waals surface area contributed by atoms with Crippen LogP contribution in [0, 0.1) is 0 Å². The maximum absolute atomic E-state index is 14.1. The van der Waals surface area contributed by atoms with Crippen LogP contribution in [0.3, 0.4) is 0 Å². The maximum atomic E-state index is 14.1. The standard InChI is InChI=1S/C39H43N5O5/c1-39(2,43-38(48)49-26-28-11-5-4-6-12-28)23-35(45)42-33-22-21-30-13-8-10-16-34(30)44(36(33)46)25-27-17-19-29(20-18-27)32-15-9-7-14-31(32)24-41-37(47)40-3/h4-20,33H,21-26H2,1-3H3,(H,42,45)(H,43,48)(H2,40,41,47)/t33-/m1/s1. The summed E-state index contributed by atoms with van der Waals surface area (Å²) >= 11 is 0. The summed E-state index contributed by atoms with van der Waals surface area (Å²) in [6.07, 6.45) is 0.414.